The normalized spacial score (nSPS) is 18.2. The maximum absolute atomic E-state index is 11.5. The monoisotopic (exact) mass is 334 g/mol. The number of nitrogen functional groups attached to an aromatic ring is 1. The van der Waals surface area contributed by atoms with E-state index >= 15 is 0 Å². The summed E-state index contributed by atoms with van der Waals surface area (Å²) in [6.07, 6.45) is -0.0378. The second-order valence-electron chi connectivity index (χ2n) is 3.39. The topological polar surface area (TPSA) is 99.7 Å². The number of halogens is 2. The van der Waals surface area contributed by atoms with Crippen LogP contribution in [-0.4, -0.2) is 27.7 Å². The number of oxime groups is 1. The Morgan fingerprint density at radius 2 is 2.33 bits per heavy atom. The van der Waals surface area contributed by atoms with E-state index < -0.39 is 12.1 Å². The summed E-state index contributed by atoms with van der Waals surface area (Å²) >= 11 is 9.04. The molecule has 0 bridgehead atoms. The summed E-state index contributed by atoms with van der Waals surface area (Å²) in [5.41, 5.74) is 5.53. The summed E-state index contributed by atoms with van der Waals surface area (Å²) in [7, 11) is 1.22. The van der Waals surface area contributed by atoms with Crippen LogP contribution in [0.1, 0.15) is 28.8 Å². The first-order valence-electron chi connectivity index (χ1n) is 4.82. The molecule has 1 unspecified atom stereocenters. The summed E-state index contributed by atoms with van der Waals surface area (Å²) in [5, 5.41) is 3.67. The molecule has 1 atom stereocenters. The number of carbonyl (C=O) groups excluding carboxylic acids is 1. The van der Waals surface area contributed by atoms with Crippen molar-refractivity contribution in [3.05, 3.63) is 16.5 Å². The summed E-state index contributed by atoms with van der Waals surface area (Å²) in [6, 6.07) is 0. The molecule has 7 nitrogen and oxygen atoms in total. The highest BCUT2D eigenvalue weighted by Gasteiger charge is 2.27. The molecule has 0 aliphatic carbocycles. The molecule has 1 aliphatic heterocycles. The molecule has 1 aromatic heterocycles. The van der Waals surface area contributed by atoms with Gasteiger partial charge in [-0.05, 0) is 15.9 Å². The molecule has 1 aromatic rings. The molecule has 0 amide bonds. The number of esters is 1. The number of hydrogen-bond donors (Lipinski definition) is 1. The quantitative estimate of drug-likeness (QED) is 0.825. The van der Waals surface area contributed by atoms with Crippen molar-refractivity contribution >= 4 is 43.9 Å². The van der Waals surface area contributed by atoms with E-state index in [2.05, 4.69) is 35.8 Å². The first kappa shape index (κ1) is 13.0. The van der Waals surface area contributed by atoms with Gasteiger partial charge in [-0.3, -0.25) is 0 Å². The lowest BCUT2D eigenvalue weighted by molar-refractivity contribution is 0.0587. The molecule has 0 radical (unpaired) electrons. The smallest absolute Gasteiger partial charge is 0.358 e. The van der Waals surface area contributed by atoms with E-state index in [-0.39, 0.29) is 22.4 Å². The fraction of sp³-hybridized carbons (Fsp3) is 0.333. The fourth-order valence-electron chi connectivity index (χ4n) is 1.35. The molecule has 96 valence electrons. The molecule has 0 spiro atoms. The van der Waals surface area contributed by atoms with Crippen molar-refractivity contribution < 1.29 is 14.4 Å². The van der Waals surface area contributed by atoms with Gasteiger partial charge in [-0.1, -0.05) is 16.8 Å². The molecule has 0 saturated carbocycles. The van der Waals surface area contributed by atoms with Crippen molar-refractivity contribution in [3.63, 3.8) is 0 Å². The number of aromatic nitrogens is 2. The highest BCUT2D eigenvalue weighted by atomic mass is 79.9. The van der Waals surface area contributed by atoms with Crippen LogP contribution in [0.3, 0.4) is 0 Å². The Labute approximate surface area is 115 Å². The molecule has 0 fully saturated rings. The summed E-state index contributed by atoms with van der Waals surface area (Å²) in [6.45, 7) is 0. The largest absolute Gasteiger partial charge is 0.464 e. The highest BCUT2D eigenvalue weighted by Crippen LogP contribution is 2.30. The zero-order valence-corrected chi connectivity index (χ0v) is 11.5. The van der Waals surface area contributed by atoms with Gasteiger partial charge in [0.1, 0.15) is 15.5 Å². The Kier molecular flexibility index (Phi) is 3.67. The van der Waals surface area contributed by atoms with Crippen LogP contribution in [0.15, 0.2) is 5.16 Å². The zero-order valence-electron chi connectivity index (χ0n) is 9.18. The molecule has 9 heteroatoms. The second-order valence-corrected chi connectivity index (χ2v) is 4.68. The Balaban J connectivity index is 2.38. The third kappa shape index (κ3) is 2.39. The van der Waals surface area contributed by atoms with Gasteiger partial charge in [0.2, 0.25) is 0 Å². The van der Waals surface area contributed by atoms with Crippen LogP contribution in [-0.2, 0) is 9.57 Å². The van der Waals surface area contributed by atoms with E-state index in [9.17, 15) is 4.79 Å². The van der Waals surface area contributed by atoms with Gasteiger partial charge in [0.25, 0.3) is 0 Å². The molecule has 0 aromatic carbocycles. The van der Waals surface area contributed by atoms with Gasteiger partial charge in [-0.2, -0.15) is 0 Å². The Hall–Kier alpha value is -1.41. The maximum atomic E-state index is 11.5. The molecule has 2 heterocycles. The van der Waals surface area contributed by atoms with Crippen molar-refractivity contribution in [3.8, 4) is 0 Å². The first-order chi connectivity index (χ1) is 8.52. The van der Waals surface area contributed by atoms with Crippen molar-refractivity contribution in [2.45, 2.75) is 12.5 Å². The minimum Gasteiger partial charge on any atom is -0.464 e. The summed E-state index contributed by atoms with van der Waals surface area (Å²) in [4.78, 5) is 24.5. The van der Waals surface area contributed by atoms with E-state index in [4.69, 9.17) is 22.2 Å². The second kappa shape index (κ2) is 5.07. The van der Waals surface area contributed by atoms with Crippen LogP contribution in [0.4, 0.5) is 5.82 Å². The molecule has 2 rings (SSSR count). The maximum Gasteiger partial charge on any atom is 0.358 e. The molecule has 2 N–H and O–H groups in total. The summed E-state index contributed by atoms with van der Waals surface area (Å²) in [5.74, 6) is -0.461. The van der Waals surface area contributed by atoms with E-state index in [1.165, 1.54) is 7.11 Å². The third-order valence-corrected chi connectivity index (χ3v) is 3.03. The van der Waals surface area contributed by atoms with E-state index in [1.54, 1.807) is 0 Å². The van der Waals surface area contributed by atoms with Crippen LogP contribution in [0.25, 0.3) is 0 Å². The zero-order chi connectivity index (χ0) is 13.3. The number of hydrogen-bond acceptors (Lipinski definition) is 7. The Morgan fingerprint density at radius 3 is 2.89 bits per heavy atom. The van der Waals surface area contributed by atoms with Gasteiger partial charge < -0.3 is 15.3 Å². The van der Waals surface area contributed by atoms with Crippen molar-refractivity contribution in [2.24, 2.45) is 5.16 Å². The first-order valence-corrected chi connectivity index (χ1v) is 5.99. The van der Waals surface area contributed by atoms with Crippen molar-refractivity contribution in [1.29, 1.82) is 0 Å². The van der Waals surface area contributed by atoms with Gasteiger partial charge >= 0.3 is 5.97 Å². The van der Waals surface area contributed by atoms with Gasteiger partial charge in [0.05, 0.1) is 7.11 Å². The van der Waals surface area contributed by atoms with Crippen LogP contribution in [0.5, 0.6) is 0 Å². The number of rotatable bonds is 2. The van der Waals surface area contributed by atoms with Crippen LogP contribution in [0, 0.1) is 0 Å². The predicted molar refractivity (Wildman–Crippen MR) is 67.6 cm³/mol. The van der Waals surface area contributed by atoms with Gasteiger partial charge in [-0.25, -0.2) is 14.8 Å². The number of ether oxygens (including phenoxy) is 1. The number of carbonyl (C=O) groups is 1. The molecule has 18 heavy (non-hydrogen) atoms. The number of methoxy groups -OCH3 is 1. The van der Waals surface area contributed by atoms with Gasteiger partial charge in [0, 0.05) is 6.42 Å². The number of anilines is 1. The lowest BCUT2D eigenvalue weighted by Gasteiger charge is -2.10. The molecular weight excluding hydrogens is 327 g/mol. The molecule has 1 aliphatic rings. The average Bonchev–Trinajstić information content (AvgIpc) is 2.78. The SMILES string of the molecule is COC(=O)c1nc(C2CC(Br)=NO2)nc(N)c1Cl. The van der Waals surface area contributed by atoms with Crippen LogP contribution >= 0.6 is 27.5 Å². The lowest BCUT2D eigenvalue weighted by Crippen LogP contribution is -2.14. The molecular formula is C9H8BrClN4O3. The van der Waals surface area contributed by atoms with Crippen molar-refractivity contribution in [2.75, 3.05) is 12.8 Å². The van der Waals surface area contributed by atoms with E-state index in [1.807, 2.05) is 0 Å². The minimum absolute atomic E-state index is 0.00584. The summed E-state index contributed by atoms with van der Waals surface area (Å²) < 4.78 is 5.19. The van der Waals surface area contributed by atoms with Crippen LogP contribution < -0.4 is 5.73 Å². The fourth-order valence-corrected chi connectivity index (χ4v) is 1.88. The minimum atomic E-state index is -0.687. The molecule has 0 saturated heterocycles. The third-order valence-electron chi connectivity index (χ3n) is 2.19. The number of nitrogens with zero attached hydrogens (tertiary/aromatic N) is 3. The number of nitrogens with two attached hydrogens (primary N) is 1. The highest BCUT2D eigenvalue weighted by molar-refractivity contribution is 9.18. The standard InChI is InChI=1S/C9H8BrClN4O3/c1-17-9(16)6-5(11)7(12)14-8(13-6)3-2-4(10)15-18-3/h3H,2H2,1H3,(H2,12,13,14). The Bertz CT molecular complexity index is 537. The predicted octanol–water partition coefficient (Wildman–Crippen LogP) is 1.67. The average molecular weight is 336 g/mol. The van der Waals surface area contributed by atoms with Gasteiger partial charge in [0.15, 0.2) is 17.6 Å². The van der Waals surface area contributed by atoms with Gasteiger partial charge in [-0.15, -0.1) is 0 Å². The van der Waals surface area contributed by atoms with E-state index in [0.717, 1.165) is 0 Å². The van der Waals surface area contributed by atoms with Crippen molar-refractivity contribution in [1.82, 2.24) is 9.97 Å². The van der Waals surface area contributed by atoms with Crippen LogP contribution in [0.2, 0.25) is 5.02 Å². The Morgan fingerprint density at radius 1 is 1.61 bits per heavy atom. The van der Waals surface area contributed by atoms with E-state index in [0.29, 0.717) is 11.0 Å². The lowest BCUT2D eigenvalue weighted by atomic mass is 10.2.